The molecule has 1 atom stereocenters. The van der Waals surface area contributed by atoms with Gasteiger partial charge in [0.2, 0.25) is 0 Å². The summed E-state index contributed by atoms with van der Waals surface area (Å²) in [6, 6.07) is 8.30. The van der Waals surface area contributed by atoms with Gasteiger partial charge in [0.05, 0.1) is 6.10 Å². The van der Waals surface area contributed by atoms with E-state index in [0.29, 0.717) is 6.54 Å². The molecule has 0 saturated heterocycles. The minimum Gasteiger partial charge on any atom is -0.388 e. The zero-order valence-electron chi connectivity index (χ0n) is 12.8. The highest BCUT2D eigenvalue weighted by Crippen LogP contribution is 2.44. The SMILES string of the molecule is CCc1ccccc1C(O)C1(CN)CCCCCCC1. The molecule has 1 aromatic rings. The number of nitrogens with two attached hydrogens (primary N) is 1. The summed E-state index contributed by atoms with van der Waals surface area (Å²) in [6.07, 6.45) is 8.96. The molecule has 2 nitrogen and oxygen atoms in total. The quantitative estimate of drug-likeness (QED) is 0.873. The Balaban J connectivity index is 2.28. The van der Waals surface area contributed by atoms with E-state index in [1.807, 2.05) is 6.07 Å². The van der Waals surface area contributed by atoms with Crippen LogP contribution in [0.15, 0.2) is 24.3 Å². The van der Waals surface area contributed by atoms with Crippen molar-refractivity contribution in [2.45, 2.75) is 64.4 Å². The van der Waals surface area contributed by atoms with Gasteiger partial charge in [-0.2, -0.15) is 0 Å². The summed E-state index contributed by atoms with van der Waals surface area (Å²) in [4.78, 5) is 0. The molecule has 3 N–H and O–H groups in total. The number of aryl methyl sites for hydroxylation is 1. The summed E-state index contributed by atoms with van der Waals surface area (Å²) in [5, 5.41) is 11.0. The zero-order valence-corrected chi connectivity index (χ0v) is 12.8. The largest absolute Gasteiger partial charge is 0.388 e. The monoisotopic (exact) mass is 275 g/mol. The van der Waals surface area contributed by atoms with Crippen molar-refractivity contribution < 1.29 is 5.11 Å². The number of hydrogen-bond donors (Lipinski definition) is 2. The summed E-state index contributed by atoms with van der Waals surface area (Å²) >= 11 is 0. The predicted octanol–water partition coefficient (Wildman–Crippen LogP) is 3.97. The second-order valence-electron chi connectivity index (χ2n) is 6.29. The fourth-order valence-electron chi connectivity index (χ4n) is 3.65. The summed E-state index contributed by atoms with van der Waals surface area (Å²) in [6.45, 7) is 2.74. The molecule has 1 saturated carbocycles. The van der Waals surface area contributed by atoms with Crippen LogP contribution in [0.1, 0.15) is 69.1 Å². The first-order valence-corrected chi connectivity index (χ1v) is 8.19. The highest BCUT2D eigenvalue weighted by molar-refractivity contribution is 5.30. The fourth-order valence-corrected chi connectivity index (χ4v) is 3.65. The van der Waals surface area contributed by atoms with Crippen LogP contribution in [0, 0.1) is 5.41 Å². The molecule has 2 heteroatoms. The highest BCUT2D eigenvalue weighted by atomic mass is 16.3. The van der Waals surface area contributed by atoms with Crippen LogP contribution in [-0.2, 0) is 6.42 Å². The normalized spacial score (nSPS) is 20.9. The van der Waals surface area contributed by atoms with Gasteiger partial charge in [-0.05, 0) is 30.4 Å². The number of aliphatic hydroxyl groups excluding tert-OH is 1. The van der Waals surface area contributed by atoms with Gasteiger partial charge in [-0.1, -0.05) is 63.3 Å². The third-order valence-corrected chi connectivity index (χ3v) is 5.07. The molecular weight excluding hydrogens is 246 g/mol. The first-order valence-electron chi connectivity index (χ1n) is 8.19. The average Bonchev–Trinajstić information content (AvgIpc) is 2.47. The third-order valence-electron chi connectivity index (χ3n) is 5.07. The molecular formula is C18H29NO. The van der Waals surface area contributed by atoms with E-state index in [4.69, 9.17) is 5.73 Å². The van der Waals surface area contributed by atoms with Crippen molar-refractivity contribution in [2.24, 2.45) is 11.1 Å². The van der Waals surface area contributed by atoms with Gasteiger partial charge in [0.15, 0.2) is 0 Å². The summed E-state index contributed by atoms with van der Waals surface area (Å²) in [5.41, 5.74) is 8.37. The molecule has 1 unspecified atom stereocenters. The maximum Gasteiger partial charge on any atom is 0.0860 e. The van der Waals surface area contributed by atoms with E-state index in [0.717, 1.165) is 24.8 Å². The van der Waals surface area contributed by atoms with Crippen LogP contribution in [0.3, 0.4) is 0 Å². The summed E-state index contributed by atoms with van der Waals surface area (Å²) in [7, 11) is 0. The van der Waals surface area contributed by atoms with E-state index in [2.05, 4.69) is 25.1 Å². The topological polar surface area (TPSA) is 46.2 Å². The first-order chi connectivity index (χ1) is 9.73. The third kappa shape index (κ3) is 3.24. The lowest BCUT2D eigenvalue weighted by Gasteiger charge is -2.39. The van der Waals surface area contributed by atoms with Crippen molar-refractivity contribution in [3.8, 4) is 0 Å². The Kier molecular flexibility index (Phi) is 5.62. The van der Waals surface area contributed by atoms with Gasteiger partial charge >= 0.3 is 0 Å². The molecule has 20 heavy (non-hydrogen) atoms. The Morgan fingerprint density at radius 2 is 1.70 bits per heavy atom. The van der Waals surface area contributed by atoms with Crippen molar-refractivity contribution in [3.05, 3.63) is 35.4 Å². The van der Waals surface area contributed by atoms with Gasteiger partial charge in [0, 0.05) is 12.0 Å². The predicted molar refractivity (Wildman–Crippen MR) is 84.6 cm³/mol. The molecule has 2 rings (SSSR count). The molecule has 1 aromatic carbocycles. The van der Waals surface area contributed by atoms with Crippen LogP contribution >= 0.6 is 0 Å². The van der Waals surface area contributed by atoms with Crippen LogP contribution in [0.25, 0.3) is 0 Å². The van der Waals surface area contributed by atoms with E-state index in [-0.39, 0.29) is 5.41 Å². The Bertz CT molecular complexity index is 408. The van der Waals surface area contributed by atoms with Gasteiger partial charge in [0.25, 0.3) is 0 Å². The fraction of sp³-hybridized carbons (Fsp3) is 0.667. The molecule has 0 radical (unpaired) electrons. The smallest absolute Gasteiger partial charge is 0.0860 e. The summed E-state index contributed by atoms with van der Waals surface area (Å²) in [5.74, 6) is 0. The van der Waals surface area contributed by atoms with Crippen molar-refractivity contribution in [2.75, 3.05) is 6.54 Å². The van der Waals surface area contributed by atoms with E-state index in [1.54, 1.807) is 0 Å². The molecule has 1 aliphatic carbocycles. The minimum atomic E-state index is -0.415. The first kappa shape index (κ1) is 15.5. The molecule has 0 aromatic heterocycles. The Morgan fingerprint density at radius 3 is 2.30 bits per heavy atom. The van der Waals surface area contributed by atoms with Crippen LogP contribution in [0.2, 0.25) is 0 Å². The summed E-state index contributed by atoms with van der Waals surface area (Å²) < 4.78 is 0. The van der Waals surface area contributed by atoms with Gasteiger partial charge in [-0.15, -0.1) is 0 Å². The van der Waals surface area contributed by atoms with Gasteiger partial charge < -0.3 is 10.8 Å². The van der Waals surface area contributed by atoms with Crippen molar-refractivity contribution in [1.82, 2.24) is 0 Å². The highest BCUT2D eigenvalue weighted by Gasteiger charge is 2.37. The van der Waals surface area contributed by atoms with E-state index in [1.165, 1.54) is 37.7 Å². The second-order valence-corrected chi connectivity index (χ2v) is 6.29. The zero-order chi connectivity index (χ0) is 14.4. The minimum absolute atomic E-state index is 0.119. The van der Waals surface area contributed by atoms with Crippen LogP contribution in [0.5, 0.6) is 0 Å². The number of aliphatic hydroxyl groups is 1. The number of benzene rings is 1. The molecule has 0 aliphatic heterocycles. The second kappa shape index (κ2) is 7.24. The Hall–Kier alpha value is -0.860. The maximum atomic E-state index is 11.0. The lowest BCUT2D eigenvalue weighted by atomic mass is 9.69. The van der Waals surface area contributed by atoms with Crippen molar-refractivity contribution in [1.29, 1.82) is 0 Å². The lowest BCUT2D eigenvalue weighted by Crippen LogP contribution is -2.38. The van der Waals surface area contributed by atoms with Gasteiger partial charge in [0.1, 0.15) is 0 Å². The van der Waals surface area contributed by atoms with Crippen LogP contribution in [0.4, 0.5) is 0 Å². The number of hydrogen-bond acceptors (Lipinski definition) is 2. The molecule has 0 bridgehead atoms. The van der Waals surface area contributed by atoms with Crippen LogP contribution < -0.4 is 5.73 Å². The van der Waals surface area contributed by atoms with E-state index < -0.39 is 6.10 Å². The molecule has 1 aliphatic rings. The average molecular weight is 275 g/mol. The van der Waals surface area contributed by atoms with E-state index >= 15 is 0 Å². The molecule has 1 fully saturated rings. The Labute approximate surface area is 123 Å². The van der Waals surface area contributed by atoms with Crippen LogP contribution in [-0.4, -0.2) is 11.7 Å². The lowest BCUT2D eigenvalue weighted by molar-refractivity contribution is 0.00793. The molecule has 0 heterocycles. The van der Waals surface area contributed by atoms with Crippen molar-refractivity contribution in [3.63, 3.8) is 0 Å². The molecule has 0 amide bonds. The van der Waals surface area contributed by atoms with Gasteiger partial charge in [-0.3, -0.25) is 0 Å². The molecule has 112 valence electrons. The number of rotatable bonds is 4. The van der Waals surface area contributed by atoms with Crippen molar-refractivity contribution >= 4 is 0 Å². The Morgan fingerprint density at radius 1 is 1.10 bits per heavy atom. The van der Waals surface area contributed by atoms with E-state index in [9.17, 15) is 5.11 Å². The maximum absolute atomic E-state index is 11.0. The molecule has 0 spiro atoms. The van der Waals surface area contributed by atoms with Gasteiger partial charge in [-0.25, -0.2) is 0 Å². The standard InChI is InChI=1S/C18H29NO/c1-2-15-10-6-7-11-16(15)17(20)18(14-19)12-8-4-3-5-9-13-18/h6-7,10-11,17,20H,2-5,8-9,12-14,19H2,1H3.